The molecule has 3 aromatic rings. The molecule has 1 saturated heterocycles. The molecule has 4 rings (SSSR count). The molecular weight excluding hydrogens is 450 g/mol. The van der Waals surface area contributed by atoms with Gasteiger partial charge < -0.3 is 4.90 Å². The molecule has 0 saturated carbocycles. The van der Waals surface area contributed by atoms with Crippen molar-refractivity contribution in [1.29, 1.82) is 0 Å². The molecule has 2 heterocycles. The standard InChI is InChI=1S/C20H19F4N5O2S/c1-14-11-27(19-6-5-15(21)9-18(19)20(22,23)24)7-8-29(14)32(30,31)17-4-2-3-16(10-17)28-13-25-12-26-28/h2-6,9-10,12-14H,7-8,11H2,1H3. The van der Waals surface area contributed by atoms with Crippen molar-refractivity contribution >= 4 is 15.7 Å². The number of halogens is 4. The summed E-state index contributed by atoms with van der Waals surface area (Å²) < 4.78 is 82.9. The summed E-state index contributed by atoms with van der Waals surface area (Å²) in [6, 6.07) is 8.07. The van der Waals surface area contributed by atoms with E-state index in [4.69, 9.17) is 0 Å². The van der Waals surface area contributed by atoms with Crippen molar-refractivity contribution in [3.8, 4) is 5.69 Å². The highest BCUT2D eigenvalue weighted by molar-refractivity contribution is 7.89. The van der Waals surface area contributed by atoms with E-state index in [0.29, 0.717) is 11.8 Å². The number of piperazine rings is 1. The molecule has 2 aromatic carbocycles. The van der Waals surface area contributed by atoms with Crippen LogP contribution in [0.5, 0.6) is 0 Å². The Kier molecular flexibility index (Phi) is 5.67. The molecule has 0 N–H and O–H groups in total. The molecule has 1 unspecified atom stereocenters. The van der Waals surface area contributed by atoms with Gasteiger partial charge in [0.1, 0.15) is 18.5 Å². The van der Waals surface area contributed by atoms with Gasteiger partial charge >= 0.3 is 6.18 Å². The van der Waals surface area contributed by atoms with Crippen molar-refractivity contribution in [2.24, 2.45) is 0 Å². The Balaban J connectivity index is 1.59. The third-order valence-electron chi connectivity index (χ3n) is 5.28. The lowest BCUT2D eigenvalue weighted by atomic mass is 10.1. The third kappa shape index (κ3) is 4.19. The number of anilines is 1. The van der Waals surface area contributed by atoms with E-state index in [2.05, 4.69) is 10.1 Å². The van der Waals surface area contributed by atoms with Crippen LogP contribution in [0.4, 0.5) is 23.2 Å². The van der Waals surface area contributed by atoms with Gasteiger partial charge in [-0.05, 0) is 43.3 Å². The van der Waals surface area contributed by atoms with Crippen molar-refractivity contribution in [3.05, 3.63) is 66.5 Å². The maximum absolute atomic E-state index is 13.4. The average molecular weight is 469 g/mol. The summed E-state index contributed by atoms with van der Waals surface area (Å²) in [6.07, 6.45) is -1.97. The topological polar surface area (TPSA) is 71.3 Å². The van der Waals surface area contributed by atoms with Crippen molar-refractivity contribution in [2.75, 3.05) is 24.5 Å². The molecule has 0 spiro atoms. The van der Waals surface area contributed by atoms with Crippen LogP contribution < -0.4 is 4.90 Å². The molecule has 1 aliphatic rings. The minimum Gasteiger partial charge on any atom is -0.368 e. The highest BCUT2D eigenvalue weighted by atomic mass is 32.2. The van der Waals surface area contributed by atoms with Crippen LogP contribution in [0.2, 0.25) is 0 Å². The second kappa shape index (κ2) is 8.17. The zero-order valence-corrected chi connectivity index (χ0v) is 17.7. The molecule has 1 aromatic heterocycles. The fraction of sp³-hybridized carbons (Fsp3) is 0.300. The lowest BCUT2D eigenvalue weighted by molar-refractivity contribution is -0.137. The summed E-state index contributed by atoms with van der Waals surface area (Å²) in [5.74, 6) is -0.984. The lowest BCUT2D eigenvalue weighted by Crippen LogP contribution is -2.54. The van der Waals surface area contributed by atoms with Crippen LogP contribution in [0.25, 0.3) is 5.69 Å². The van der Waals surface area contributed by atoms with Crippen molar-refractivity contribution in [2.45, 2.75) is 24.0 Å². The summed E-state index contributed by atoms with van der Waals surface area (Å²) in [7, 11) is -3.91. The Bertz CT molecular complexity index is 1210. The fourth-order valence-electron chi connectivity index (χ4n) is 3.79. The van der Waals surface area contributed by atoms with E-state index in [1.165, 1.54) is 38.7 Å². The van der Waals surface area contributed by atoms with E-state index < -0.39 is 33.6 Å². The average Bonchev–Trinajstić information content (AvgIpc) is 3.28. The smallest absolute Gasteiger partial charge is 0.368 e. The van der Waals surface area contributed by atoms with Gasteiger partial charge in [0.15, 0.2) is 0 Å². The largest absolute Gasteiger partial charge is 0.418 e. The Morgan fingerprint density at radius 3 is 2.53 bits per heavy atom. The Hall–Kier alpha value is -2.99. The van der Waals surface area contributed by atoms with Crippen LogP contribution >= 0.6 is 0 Å². The zero-order chi connectivity index (χ0) is 23.1. The van der Waals surface area contributed by atoms with Crippen LogP contribution in [-0.4, -0.2) is 53.2 Å². The highest BCUT2D eigenvalue weighted by Gasteiger charge is 2.39. The van der Waals surface area contributed by atoms with Crippen LogP contribution in [0.15, 0.2) is 60.0 Å². The second-order valence-corrected chi connectivity index (χ2v) is 9.30. The maximum Gasteiger partial charge on any atom is 0.418 e. The van der Waals surface area contributed by atoms with Crippen LogP contribution in [0.1, 0.15) is 12.5 Å². The first kappa shape index (κ1) is 22.2. The number of sulfonamides is 1. The number of aromatic nitrogens is 3. The predicted molar refractivity (Wildman–Crippen MR) is 108 cm³/mol. The first-order valence-corrected chi connectivity index (χ1v) is 11.1. The normalized spacial score (nSPS) is 18.2. The van der Waals surface area contributed by atoms with Gasteiger partial charge in [0, 0.05) is 31.4 Å². The van der Waals surface area contributed by atoms with Crippen LogP contribution in [-0.2, 0) is 16.2 Å². The Labute approximate surface area is 181 Å². The number of benzene rings is 2. The van der Waals surface area contributed by atoms with E-state index in [9.17, 15) is 26.0 Å². The number of hydrogen-bond acceptors (Lipinski definition) is 5. The monoisotopic (exact) mass is 469 g/mol. The molecule has 0 radical (unpaired) electrons. The molecule has 32 heavy (non-hydrogen) atoms. The molecule has 1 atom stereocenters. The van der Waals surface area contributed by atoms with Gasteiger partial charge in [-0.1, -0.05) is 6.07 Å². The molecule has 0 aliphatic carbocycles. The van der Waals surface area contributed by atoms with E-state index in [-0.39, 0.29) is 30.2 Å². The Morgan fingerprint density at radius 2 is 1.88 bits per heavy atom. The third-order valence-corrected chi connectivity index (χ3v) is 7.29. The van der Waals surface area contributed by atoms with Gasteiger partial charge in [0.05, 0.1) is 16.1 Å². The molecule has 12 heteroatoms. The van der Waals surface area contributed by atoms with Crippen LogP contribution in [0, 0.1) is 5.82 Å². The lowest BCUT2D eigenvalue weighted by Gasteiger charge is -2.40. The van der Waals surface area contributed by atoms with Gasteiger partial charge in [-0.2, -0.15) is 22.6 Å². The highest BCUT2D eigenvalue weighted by Crippen LogP contribution is 2.38. The van der Waals surface area contributed by atoms with Crippen LogP contribution in [0.3, 0.4) is 0 Å². The molecule has 0 amide bonds. The van der Waals surface area contributed by atoms with Gasteiger partial charge in [-0.3, -0.25) is 0 Å². The summed E-state index contributed by atoms with van der Waals surface area (Å²) >= 11 is 0. The van der Waals surface area contributed by atoms with E-state index in [1.807, 2.05) is 0 Å². The molecule has 170 valence electrons. The van der Waals surface area contributed by atoms with Gasteiger partial charge in [-0.15, -0.1) is 0 Å². The van der Waals surface area contributed by atoms with Gasteiger partial charge in [0.25, 0.3) is 0 Å². The number of rotatable bonds is 4. The summed E-state index contributed by atoms with van der Waals surface area (Å²) in [5.41, 5.74) is -0.742. The van der Waals surface area contributed by atoms with Gasteiger partial charge in [0.2, 0.25) is 10.0 Å². The van der Waals surface area contributed by atoms with Gasteiger partial charge in [-0.25, -0.2) is 22.5 Å². The van der Waals surface area contributed by atoms with Crippen molar-refractivity contribution < 1.29 is 26.0 Å². The number of nitrogens with zero attached hydrogens (tertiary/aromatic N) is 5. The molecule has 0 bridgehead atoms. The minimum atomic E-state index is -4.73. The van der Waals surface area contributed by atoms with Crippen molar-refractivity contribution in [1.82, 2.24) is 19.1 Å². The minimum absolute atomic E-state index is 0.0221. The molecule has 7 nitrogen and oxygen atoms in total. The fourth-order valence-corrected chi connectivity index (χ4v) is 5.44. The van der Waals surface area contributed by atoms with E-state index in [1.54, 1.807) is 19.1 Å². The zero-order valence-electron chi connectivity index (χ0n) is 16.9. The SMILES string of the molecule is CC1CN(c2ccc(F)cc2C(F)(F)F)CCN1S(=O)(=O)c1cccc(-n2cncn2)c1. The van der Waals surface area contributed by atoms with E-state index >= 15 is 0 Å². The summed E-state index contributed by atoms with van der Waals surface area (Å²) in [6.45, 7) is 1.66. The molecule has 1 fully saturated rings. The van der Waals surface area contributed by atoms with E-state index in [0.717, 1.165) is 12.1 Å². The maximum atomic E-state index is 13.4. The second-order valence-electron chi connectivity index (χ2n) is 7.41. The first-order chi connectivity index (χ1) is 15.1. The number of hydrogen-bond donors (Lipinski definition) is 0. The first-order valence-electron chi connectivity index (χ1n) is 9.66. The summed E-state index contributed by atoms with van der Waals surface area (Å²) in [4.78, 5) is 5.32. The quantitative estimate of drug-likeness (QED) is 0.549. The number of alkyl halides is 3. The molecular formula is C20H19F4N5O2S. The predicted octanol–water partition coefficient (Wildman–Crippen LogP) is 3.32. The van der Waals surface area contributed by atoms with Crippen molar-refractivity contribution in [3.63, 3.8) is 0 Å². The molecule has 1 aliphatic heterocycles. The Morgan fingerprint density at radius 1 is 1.09 bits per heavy atom. The summed E-state index contributed by atoms with van der Waals surface area (Å²) in [5, 5.41) is 3.99.